The Kier molecular flexibility index (Phi) is 3.99. The molecule has 108 valence electrons. The lowest BCUT2D eigenvalue weighted by Crippen LogP contribution is -2.38. The average molecular weight is 298 g/mol. The van der Waals surface area contributed by atoms with Crippen LogP contribution in [-0.2, 0) is 17.2 Å². The number of imidazole rings is 1. The van der Waals surface area contributed by atoms with Crippen LogP contribution >= 0.6 is 11.6 Å². The summed E-state index contributed by atoms with van der Waals surface area (Å²) in [6.07, 6.45) is 0. The van der Waals surface area contributed by atoms with Crippen molar-refractivity contribution in [1.29, 1.82) is 0 Å². The fourth-order valence-corrected chi connectivity index (χ4v) is 2.44. The molecule has 1 amide bonds. The number of amides is 1. The number of benzene rings is 1. The number of nitrogens with zero attached hydrogens (tertiary/aromatic N) is 2. The average Bonchev–Trinajstić information content (AvgIpc) is 2.74. The lowest BCUT2D eigenvalue weighted by atomic mass is 9.92. The largest absolute Gasteiger partial charge is 0.359 e. The van der Waals surface area contributed by atoms with Crippen molar-refractivity contribution in [2.24, 2.45) is 5.41 Å². The first-order valence-electron chi connectivity index (χ1n) is 6.32. The van der Waals surface area contributed by atoms with Gasteiger partial charge in [0.25, 0.3) is 0 Å². The molecule has 2 rings (SSSR count). The molecule has 2 aromatic rings. The summed E-state index contributed by atoms with van der Waals surface area (Å²) in [5, 5.41) is 2.65. The minimum absolute atomic E-state index is 0.0676. The van der Waals surface area contributed by atoms with E-state index in [2.05, 4.69) is 10.3 Å². The molecule has 20 heavy (non-hydrogen) atoms. The molecule has 1 aromatic carbocycles. The van der Waals surface area contributed by atoms with Gasteiger partial charge in [-0.2, -0.15) is 0 Å². The van der Waals surface area contributed by atoms with Crippen molar-refractivity contribution >= 4 is 28.5 Å². The normalized spacial score (nSPS) is 11.8. The number of aromatic nitrogens is 2. The van der Waals surface area contributed by atoms with E-state index in [0.717, 1.165) is 5.52 Å². The lowest BCUT2D eigenvalue weighted by molar-refractivity contribution is -0.129. The Bertz CT molecular complexity index is 651. The van der Waals surface area contributed by atoms with Crippen LogP contribution in [0.15, 0.2) is 18.2 Å². The lowest BCUT2D eigenvalue weighted by Gasteiger charge is -2.24. The van der Waals surface area contributed by atoms with Crippen LogP contribution in [0.2, 0.25) is 0 Å². The molecule has 0 unspecified atom stereocenters. The van der Waals surface area contributed by atoms with Gasteiger partial charge in [0.2, 0.25) is 5.91 Å². The predicted octanol–water partition coefficient (Wildman–Crippen LogP) is 2.69. The molecule has 0 aliphatic carbocycles. The van der Waals surface area contributed by atoms with Gasteiger partial charge in [0.1, 0.15) is 11.6 Å². The van der Waals surface area contributed by atoms with E-state index in [9.17, 15) is 9.18 Å². The van der Waals surface area contributed by atoms with Crippen LogP contribution in [0.5, 0.6) is 0 Å². The van der Waals surface area contributed by atoms with Crippen molar-refractivity contribution in [3.8, 4) is 0 Å². The Morgan fingerprint density at radius 3 is 2.80 bits per heavy atom. The third-order valence-corrected chi connectivity index (χ3v) is 3.54. The van der Waals surface area contributed by atoms with Gasteiger partial charge in [0, 0.05) is 19.7 Å². The molecule has 1 aromatic heterocycles. The maximum absolute atomic E-state index is 13.3. The highest BCUT2D eigenvalue weighted by molar-refractivity contribution is 6.16. The maximum atomic E-state index is 13.3. The first-order valence-corrected chi connectivity index (χ1v) is 6.85. The van der Waals surface area contributed by atoms with Crippen molar-refractivity contribution in [2.45, 2.75) is 26.3 Å². The molecule has 0 aliphatic rings. The first kappa shape index (κ1) is 14.8. The number of nitrogens with one attached hydrogen (secondary N) is 1. The molecule has 4 nitrogen and oxygen atoms in total. The molecule has 0 bridgehead atoms. The summed E-state index contributed by atoms with van der Waals surface area (Å²) in [7, 11) is 1.61. The Balaban J connectivity index is 2.50. The molecule has 1 N–H and O–H groups in total. The number of carbonyl (C=O) groups is 1. The van der Waals surface area contributed by atoms with Crippen LogP contribution in [0.4, 0.5) is 4.39 Å². The molecule has 6 heteroatoms. The molecule has 0 radical (unpaired) electrons. The summed E-state index contributed by atoms with van der Waals surface area (Å²) in [5.74, 6) is 0.431. The second kappa shape index (κ2) is 5.40. The summed E-state index contributed by atoms with van der Waals surface area (Å²) in [4.78, 5) is 16.2. The van der Waals surface area contributed by atoms with Crippen LogP contribution < -0.4 is 5.32 Å². The van der Waals surface area contributed by atoms with Crippen molar-refractivity contribution in [3.63, 3.8) is 0 Å². The van der Waals surface area contributed by atoms with Crippen LogP contribution in [0.25, 0.3) is 11.0 Å². The Labute approximate surface area is 121 Å². The van der Waals surface area contributed by atoms with Gasteiger partial charge in [-0.25, -0.2) is 9.37 Å². The Hall–Kier alpha value is -1.62. The van der Waals surface area contributed by atoms with Gasteiger partial charge in [-0.3, -0.25) is 4.79 Å². The quantitative estimate of drug-likeness (QED) is 0.882. The zero-order chi connectivity index (χ0) is 14.9. The highest BCUT2D eigenvalue weighted by Crippen LogP contribution is 2.25. The van der Waals surface area contributed by atoms with E-state index >= 15 is 0 Å². The summed E-state index contributed by atoms with van der Waals surface area (Å²) in [6, 6.07) is 4.41. The highest BCUT2D eigenvalue weighted by atomic mass is 35.5. The summed E-state index contributed by atoms with van der Waals surface area (Å²) < 4.78 is 15.1. The van der Waals surface area contributed by atoms with Gasteiger partial charge in [0.15, 0.2) is 0 Å². The number of carbonyl (C=O) groups excluding carboxylic acids is 1. The Morgan fingerprint density at radius 2 is 2.20 bits per heavy atom. The minimum Gasteiger partial charge on any atom is -0.359 e. The summed E-state index contributed by atoms with van der Waals surface area (Å²) in [5.41, 5.74) is 0.713. The van der Waals surface area contributed by atoms with Crippen molar-refractivity contribution in [3.05, 3.63) is 29.8 Å². The van der Waals surface area contributed by atoms with Crippen LogP contribution in [0.1, 0.15) is 19.7 Å². The molecule has 0 aliphatic heterocycles. The van der Waals surface area contributed by atoms with Gasteiger partial charge < -0.3 is 9.88 Å². The number of hydrogen-bond donors (Lipinski definition) is 1. The third kappa shape index (κ3) is 2.63. The number of halogens is 2. The number of hydrogen-bond acceptors (Lipinski definition) is 2. The van der Waals surface area contributed by atoms with E-state index in [1.165, 1.54) is 12.1 Å². The van der Waals surface area contributed by atoms with E-state index in [1.807, 2.05) is 18.4 Å². The number of rotatable bonds is 4. The standard InChI is InChI=1S/C14H17ClFN3O/c1-14(2,13(20)17-3)8-19-11-5-4-9(16)6-10(11)18-12(19)7-15/h4-6H,7-8H2,1-3H3,(H,17,20). The molecule has 0 spiro atoms. The summed E-state index contributed by atoms with van der Waals surface area (Å²) >= 11 is 5.91. The highest BCUT2D eigenvalue weighted by Gasteiger charge is 2.29. The predicted molar refractivity (Wildman–Crippen MR) is 77.1 cm³/mol. The van der Waals surface area contributed by atoms with E-state index in [4.69, 9.17) is 11.6 Å². The minimum atomic E-state index is -0.614. The van der Waals surface area contributed by atoms with E-state index in [0.29, 0.717) is 17.9 Å². The second-order valence-electron chi connectivity index (χ2n) is 5.34. The molecule has 0 saturated carbocycles. The van der Waals surface area contributed by atoms with Crippen LogP contribution in [0, 0.1) is 11.2 Å². The SMILES string of the molecule is CNC(=O)C(C)(C)Cn1c(CCl)nc2cc(F)ccc21. The fourth-order valence-electron chi connectivity index (χ4n) is 2.24. The zero-order valence-electron chi connectivity index (χ0n) is 11.7. The Morgan fingerprint density at radius 1 is 1.50 bits per heavy atom. The topological polar surface area (TPSA) is 46.9 Å². The zero-order valence-corrected chi connectivity index (χ0v) is 12.5. The second-order valence-corrected chi connectivity index (χ2v) is 5.61. The van der Waals surface area contributed by atoms with Gasteiger partial charge in [-0.05, 0) is 26.0 Å². The van der Waals surface area contributed by atoms with Crippen molar-refractivity contribution in [2.75, 3.05) is 7.05 Å². The molecular formula is C14H17ClFN3O. The number of alkyl halides is 1. The van der Waals surface area contributed by atoms with Crippen molar-refractivity contribution < 1.29 is 9.18 Å². The van der Waals surface area contributed by atoms with Crippen LogP contribution in [0.3, 0.4) is 0 Å². The van der Waals surface area contributed by atoms with Gasteiger partial charge in [-0.15, -0.1) is 11.6 Å². The van der Waals surface area contributed by atoms with E-state index in [-0.39, 0.29) is 17.6 Å². The number of fused-ring (bicyclic) bond motifs is 1. The van der Waals surface area contributed by atoms with Gasteiger partial charge in [0.05, 0.1) is 22.3 Å². The summed E-state index contributed by atoms with van der Waals surface area (Å²) in [6.45, 7) is 4.12. The first-order chi connectivity index (χ1) is 9.39. The molecule has 0 saturated heterocycles. The molecule has 1 heterocycles. The maximum Gasteiger partial charge on any atom is 0.227 e. The monoisotopic (exact) mass is 297 g/mol. The third-order valence-electron chi connectivity index (χ3n) is 3.30. The molecular weight excluding hydrogens is 281 g/mol. The van der Waals surface area contributed by atoms with E-state index in [1.54, 1.807) is 13.1 Å². The van der Waals surface area contributed by atoms with Gasteiger partial charge >= 0.3 is 0 Å². The van der Waals surface area contributed by atoms with Crippen molar-refractivity contribution in [1.82, 2.24) is 14.9 Å². The smallest absolute Gasteiger partial charge is 0.227 e. The van der Waals surface area contributed by atoms with Gasteiger partial charge in [-0.1, -0.05) is 0 Å². The fraction of sp³-hybridized carbons (Fsp3) is 0.429. The molecule has 0 atom stereocenters. The van der Waals surface area contributed by atoms with Crippen LogP contribution in [-0.4, -0.2) is 22.5 Å². The van der Waals surface area contributed by atoms with E-state index < -0.39 is 5.41 Å². The molecule has 0 fully saturated rings.